The maximum atomic E-state index is 15.2. The molecule has 1 saturated heterocycles. The van der Waals surface area contributed by atoms with E-state index in [1.807, 2.05) is 4.98 Å². The summed E-state index contributed by atoms with van der Waals surface area (Å²) in [5.74, 6) is -0.654. The molecule has 2 rings (SSSR count). The molecule has 2 heterocycles. The minimum atomic E-state index is -4.35. The molecule has 0 spiro atoms. The van der Waals surface area contributed by atoms with Gasteiger partial charge in [-0.05, 0) is 20.8 Å². The molecule has 1 aromatic heterocycles. The van der Waals surface area contributed by atoms with E-state index in [9.17, 15) is 28.8 Å². The number of rotatable bonds is 12. The van der Waals surface area contributed by atoms with Crippen LogP contribution in [0.3, 0.4) is 0 Å². The Hall–Kier alpha value is -1.58. The van der Waals surface area contributed by atoms with Crippen LogP contribution >= 0.6 is 31.1 Å². The molecule has 1 aliphatic rings. The van der Waals surface area contributed by atoms with Crippen molar-refractivity contribution in [3.8, 4) is 0 Å². The number of hydrogen-bond acceptors (Lipinski definition) is 11. The summed E-state index contributed by atoms with van der Waals surface area (Å²) in [7, 11) is -4.35. The number of nitrogens with zero attached hydrogens (tertiary/aromatic N) is 1. The number of esters is 1. The summed E-state index contributed by atoms with van der Waals surface area (Å²) in [6.45, 7) is 8.83. The zero-order valence-corrected chi connectivity index (χ0v) is 24.8. The van der Waals surface area contributed by atoms with Gasteiger partial charge in [-0.15, -0.1) is 0 Å². The molecule has 0 aliphatic carbocycles. The summed E-state index contributed by atoms with van der Waals surface area (Å²) < 4.78 is 50.6. The molecule has 0 radical (unpaired) electrons. The second kappa shape index (κ2) is 13.4. The highest BCUT2D eigenvalue weighted by molar-refractivity contribution is 8.13. The van der Waals surface area contributed by atoms with Gasteiger partial charge in [0, 0.05) is 23.4 Å². The third-order valence-electron chi connectivity index (χ3n) is 5.14. The number of aliphatic hydroxyl groups is 1. The van der Waals surface area contributed by atoms with Gasteiger partial charge in [0.25, 0.3) is 10.7 Å². The van der Waals surface area contributed by atoms with Gasteiger partial charge in [0.1, 0.15) is 18.2 Å². The van der Waals surface area contributed by atoms with Gasteiger partial charge in [0.2, 0.25) is 0 Å². The maximum absolute atomic E-state index is 15.2. The van der Waals surface area contributed by atoms with Crippen molar-refractivity contribution in [3.63, 3.8) is 0 Å². The molecule has 0 bridgehead atoms. The van der Waals surface area contributed by atoms with Crippen LogP contribution < -0.4 is 16.3 Å². The predicted octanol–water partition coefficient (Wildman–Crippen LogP) is 2.08. The van der Waals surface area contributed by atoms with Gasteiger partial charge in [-0.1, -0.05) is 44.1 Å². The number of ether oxygens (including phenoxy) is 2. The first-order valence-electron chi connectivity index (χ1n) is 11.9. The van der Waals surface area contributed by atoms with Crippen LogP contribution in [-0.4, -0.2) is 74.2 Å². The number of aromatic nitrogens is 2. The maximum Gasteiger partial charge on any atom is 0.406 e. The van der Waals surface area contributed by atoms with Gasteiger partial charge in [0.05, 0.1) is 19.3 Å². The number of nitrogens with one attached hydrogen (secondary N) is 2. The zero-order chi connectivity index (χ0) is 29.8. The summed E-state index contributed by atoms with van der Waals surface area (Å²) in [4.78, 5) is 49.8. The number of aromatic amines is 1. The fraction of sp³-hybridized carbons (Fsp3) is 0.727. The van der Waals surface area contributed by atoms with Gasteiger partial charge >= 0.3 is 19.4 Å². The van der Waals surface area contributed by atoms with Gasteiger partial charge in [0.15, 0.2) is 11.3 Å². The van der Waals surface area contributed by atoms with Crippen molar-refractivity contribution in [3.05, 3.63) is 33.1 Å². The van der Waals surface area contributed by atoms with E-state index in [1.54, 1.807) is 34.6 Å². The molecule has 1 fully saturated rings. The summed E-state index contributed by atoms with van der Waals surface area (Å²) in [6, 6.07) is -0.239. The smallest absolute Gasteiger partial charge is 0.406 e. The Bertz CT molecular complexity index is 1190. The van der Waals surface area contributed by atoms with E-state index in [0.717, 1.165) is 24.0 Å². The third kappa shape index (κ3) is 9.22. The van der Waals surface area contributed by atoms with Crippen molar-refractivity contribution in [1.82, 2.24) is 14.6 Å². The predicted molar refractivity (Wildman–Crippen MR) is 141 cm³/mol. The Morgan fingerprint density at radius 3 is 2.54 bits per heavy atom. The fourth-order valence-corrected chi connectivity index (χ4v) is 5.82. The number of carbonyl (C=O) groups is 2. The number of carbonyl (C=O) groups excluding carboxylic acids is 2. The number of aliphatic hydroxyl groups excluding tert-OH is 1. The number of halogens is 2. The summed E-state index contributed by atoms with van der Waals surface area (Å²) in [5, 5.41) is 9.70. The monoisotopic (exact) mass is 617 g/mol. The Morgan fingerprint density at radius 1 is 1.33 bits per heavy atom. The number of alkyl halides is 2. The lowest BCUT2D eigenvalue weighted by molar-refractivity contribution is -0.149. The average Bonchev–Trinajstić information content (AvgIpc) is 3.03. The van der Waals surface area contributed by atoms with E-state index in [-0.39, 0.29) is 17.5 Å². The van der Waals surface area contributed by atoms with E-state index >= 15 is 4.39 Å². The normalized spacial score (nSPS) is 25.8. The SMILES string of the molecule is CC(C)OC(=O)[C@H](C)N[P@@](=O)(OCCSC(=O)C(C)(C)C)OC[C@H]1O[C@@H](n2ccc(=O)[nH]c2=O)[C@@](F)(Cl)[C@@H]1O. The topological polar surface area (TPSA) is 175 Å². The highest BCUT2D eigenvalue weighted by Gasteiger charge is 2.58. The van der Waals surface area contributed by atoms with Crippen molar-refractivity contribution < 1.29 is 42.2 Å². The summed E-state index contributed by atoms with van der Waals surface area (Å²) in [6.07, 6.45) is -5.02. The molecule has 3 N–H and O–H groups in total. The molecular formula is C22H34ClFN3O10PS. The van der Waals surface area contributed by atoms with Crippen LogP contribution in [0, 0.1) is 5.41 Å². The largest absolute Gasteiger partial charge is 0.462 e. The molecule has 0 aromatic carbocycles. The van der Waals surface area contributed by atoms with Crippen molar-refractivity contribution in [1.29, 1.82) is 0 Å². The molecule has 13 nitrogen and oxygen atoms in total. The Morgan fingerprint density at radius 2 is 1.97 bits per heavy atom. The van der Waals surface area contributed by atoms with E-state index in [1.165, 1.54) is 6.92 Å². The van der Waals surface area contributed by atoms with Crippen LogP contribution in [0.5, 0.6) is 0 Å². The Balaban J connectivity index is 2.16. The van der Waals surface area contributed by atoms with E-state index < -0.39 is 72.7 Å². The van der Waals surface area contributed by atoms with Crippen LogP contribution in [0.2, 0.25) is 0 Å². The third-order valence-corrected chi connectivity index (χ3v) is 8.51. The molecular weight excluding hydrogens is 584 g/mol. The van der Waals surface area contributed by atoms with Crippen LogP contribution in [-0.2, 0) is 32.7 Å². The van der Waals surface area contributed by atoms with Gasteiger partial charge in [-0.3, -0.25) is 33.0 Å². The number of thioether (sulfide) groups is 1. The van der Waals surface area contributed by atoms with E-state index in [4.69, 9.17) is 30.1 Å². The van der Waals surface area contributed by atoms with Crippen molar-refractivity contribution in [2.75, 3.05) is 19.0 Å². The van der Waals surface area contributed by atoms with Crippen molar-refractivity contribution >= 4 is 42.2 Å². The van der Waals surface area contributed by atoms with Crippen LogP contribution in [0.15, 0.2) is 21.9 Å². The molecule has 17 heteroatoms. The minimum absolute atomic E-state index is 0.102. The highest BCUT2D eigenvalue weighted by atomic mass is 35.5. The lowest BCUT2D eigenvalue weighted by atomic mass is 10.00. The van der Waals surface area contributed by atoms with Gasteiger partial charge < -0.3 is 14.6 Å². The second-order valence-electron chi connectivity index (χ2n) is 10.0. The van der Waals surface area contributed by atoms with Crippen LogP contribution in [0.4, 0.5) is 4.39 Å². The quantitative estimate of drug-likeness (QED) is 0.135. The summed E-state index contributed by atoms with van der Waals surface area (Å²) in [5.41, 5.74) is -2.40. The first-order chi connectivity index (χ1) is 17.9. The minimum Gasteiger partial charge on any atom is -0.462 e. The number of H-pyrrole nitrogens is 1. The fourth-order valence-electron chi connectivity index (χ4n) is 3.13. The van der Waals surface area contributed by atoms with Crippen LogP contribution in [0.25, 0.3) is 0 Å². The van der Waals surface area contributed by atoms with Gasteiger partial charge in [-0.25, -0.2) is 18.8 Å². The van der Waals surface area contributed by atoms with Crippen molar-refractivity contribution in [2.24, 2.45) is 5.41 Å². The van der Waals surface area contributed by atoms with Crippen molar-refractivity contribution in [2.45, 2.75) is 77.3 Å². The molecule has 0 unspecified atom stereocenters. The first-order valence-corrected chi connectivity index (χ1v) is 14.9. The van der Waals surface area contributed by atoms with E-state index in [0.29, 0.717) is 4.57 Å². The summed E-state index contributed by atoms with van der Waals surface area (Å²) >= 11 is 6.81. The molecule has 1 aromatic rings. The zero-order valence-electron chi connectivity index (χ0n) is 22.3. The van der Waals surface area contributed by atoms with Gasteiger partial charge in [-0.2, -0.15) is 0 Å². The van der Waals surface area contributed by atoms with E-state index in [2.05, 4.69) is 5.09 Å². The standard InChI is InChI=1S/C22H34ClFN3O10PS/c1-12(2)36-17(30)13(3)26-38(33,34-9-10-39-19(31)21(4,5)6)35-11-14-16(29)22(23,24)18(37-14)27-8-7-15(28)25-20(27)32/h7-8,12-14,16,18,29H,9-11H2,1-6H3,(H,26,33)(H,25,28,32)/t13-,14+,16+,18+,22+,38+/m0/s1. The molecule has 1 aliphatic heterocycles. The highest BCUT2D eigenvalue weighted by Crippen LogP contribution is 2.48. The molecule has 0 saturated carbocycles. The lowest BCUT2D eigenvalue weighted by Crippen LogP contribution is -2.42. The lowest BCUT2D eigenvalue weighted by Gasteiger charge is -2.25. The second-order valence-corrected chi connectivity index (χ2v) is 13.4. The Labute approximate surface area is 233 Å². The number of hydrogen-bond donors (Lipinski definition) is 3. The first kappa shape index (κ1) is 33.6. The average molecular weight is 618 g/mol. The molecule has 0 amide bonds. The molecule has 39 heavy (non-hydrogen) atoms. The van der Waals surface area contributed by atoms with Crippen LogP contribution in [0.1, 0.15) is 47.8 Å². The molecule has 6 atom stereocenters. The molecule has 222 valence electrons. The Kier molecular flexibility index (Phi) is 11.5.